The number of rotatable bonds is 34. The fourth-order valence-corrected chi connectivity index (χ4v) is 20.1. The van der Waals surface area contributed by atoms with Gasteiger partial charge in [-0.3, -0.25) is 24.1 Å². The maximum Gasteiger partial charge on any atom is 0.248 e. The highest BCUT2D eigenvalue weighted by atomic mass is 19.1. The zero-order valence-corrected chi connectivity index (χ0v) is 85.2. The lowest BCUT2D eigenvalue weighted by molar-refractivity contribution is -0.125. The van der Waals surface area contributed by atoms with Gasteiger partial charge in [0.15, 0.2) is 46.0 Å². The standard InChI is InChI=1S/C31H34FN3O4.C30H30FNO5.C30H29N3O6.C27H26FNO5/c1-19-24(14-20-15-26(38-3)30(36)27(16-20)39-4)23-10-9-21(32)17-25(23)28(19)29(35-12-5-6-13-35)31(37)33-18-22-8-7-11-34(22)2;1-17-23(12-19-13-26(35-2)29(33)27(14-19)36-3)22-9-8-20(31)15-24(22)28(17)25(11-18-6-7-18)30(34)32-16-21-5-4-10-37-21;1-18-23(12-19-13-25(37-3)29(34)26(14-19)38-4)22-8-7-20(36-2)15-24(22)27(18)28(33-10-9-31-17-33)30(35)32-16-21-6-5-11-39-21;1-15-21(11-16-12-23(32-2)26(30)24(13-16)33-3)19-8-6-17(28)14-22(19)25(15)20(27(29)31)9-7-18-5-4-10-34-18/h7-11,14-17,29,36H,5-6,12-13,18H2,1-4H3,(H,33,37);4-5,8-10,12-15,18,25,33H,6-7,11,16H2,1-3H3,(H,32,34);5-15,17,28,34H,16H2,1-4H3,(H,32,35);4-6,8,10-14,20,30H,7,9H2,1-3H3,(H2,29,31)/b24-14-;2*23-12-;21-11-. The first-order valence-electron chi connectivity index (χ1n) is 48.6. The van der Waals surface area contributed by atoms with Crippen molar-refractivity contribution in [3.63, 3.8) is 0 Å². The summed E-state index contributed by atoms with van der Waals surface area (Å²) < 4.78 is 112. The molecule has 149 heavy (non-hydrogen) atoms. The van der Waals surface area contributed by atoms with Gasteiger partial charge in [0.2, 0.25) is 46.6 Å². The lowest BCUT2D eigenvalue weighted by Gasteiger charge is -2.29. The molecule has 772 valence electrons. The summed E-state index contributed by atoms with van der Waals surface area (Å²) in [4.78, 5) is 60.1. The van der Waals surface area contributed by atoms with E-state index < -0.39 is 35.6 Å². The molecule has 1 saturated heterocycles. The zero-order valence-electron chi connectivity index (χ0n) is 85.2. The molecule has 0 spiro atoms. The Morgan fingerprint density at radius 2 is 0.785 bits per heavy atom. The lowest BCUT2D eigenvalue weighted by Crippen LogP contribution is -2.46. The molecule has 0 bridgehead atoms. The average Bonchev–Trinajstić information content (AvgIpc) is 1.57. The van der Waals surface area contributed by atoms with Gasteiger partial charge in [-0.1, -0.05) is 37.1 Å². The van der Waals surface area contributed by atoms with Gasteiger partial charge in [-0.05, 0) is 376 Å². The van der Waals surface area contributed by atoms with Crippen LogP contribution in [-0.4, -0.2) is 146 Å². The highest BCUT2D eigenvalue weighted by molar-refractivity contribution is 6.14. The molecular weight excluding hydrogens is 1910 g/mol. The highest BCUT2D eigenvalue weighted by Gasteiger charge is 2.42. The Hall–Kier alpha value is -17.0. The summed E-state index contributed by atoms with van der Waals surface area (Å²) in [6, 6.07) is 47.1. The number of nitrogens with one attached hydrogen (secondary N) is 3. The van der Waals surface area contributed by atoms with Crippen LogP contribution in [0.3, 0.4) is 0 Å². The summed E-state index contributed by atoms with van der Waals surface area (Å²) in [6.07, 6.45) is 25.4. The van der Waals surface area contributed by atoms with Gasteiger partial charge >= 0.3 is 0 Å². The number of carbonyl (C=O) groups is 4. The number of allylic oxidation sites excluding steroid dienone is 8. The molecule has 1 aliphatic heterocycles. The van der Waals surface area contributed by atoms with Crippen molar-refractivity contribution in [2.75, 3.05) is 77.1 Å². The summed E-state index contributed by atoms with van der Waals surface area (Å²) in [5.41, 5.74) is 26.5. The number of likely N-dealkylation sites (tertiary alicyclic amines) is 1. The normalized spacial score (nSPS) is 15.7. The average molecular weight is 2030 g/mol. The van der Waals surface area contributed by atoms with Crippen molar-refractivity contribution in [1.29, 1.82) is 0 Å². The van der Waals surface area contributed by atoms with E-state index in [1.807, 2.05) is 118 Å². The van der Waals surface area contributed by atoms with E-state index in [0.717, 1.165) is 167 Å². The third kappa shape index (κ3) is 22.8. The molecule has 4 unspecified atom stereocenters. The molecule has 5 aromatic heterocycles. The number of carbonyl (C=O) groups excluding carboxylic acids is 4. The van der Waals surface area contributed by atoms with Crippen LogP contribution in [0.1, 0.15) is 162 Å². The second kappa shape index (κ2) is 46.6. The van der Waals surface area contributed by atoms with Gasteiger partial charge in [-0.15, -0.1) is 0 Å². The fraction of sp³-hybridized carbons (Fsp3) is 0.263. The number of hydrogen-bond donors (Lipinski definition) is 8. The summed E-state index contributed by atoms with van der Waals surface area (Å²) in [5.74, 6) is 2.17. The molecule has 28 nitrogen and oxygen atoms in total. The van der Waals surface area contributed by atoms with Crippen molar-refractivity contribution >= 4 is 92.5 Å². The van der Waals surface area contributed by atoms with E-state index >= 15 is 0 Å². The van der Waals surface area contributed by atoms with Crippen molar-refractivity contribution in [2.45, 2.75) is 104 Å². The molecule has 6 heterocycles. The number of imidazole rings is 1. The van der Waals surface area contributed by atoms with Crippen LogP contribution in [-0.2, 0) is 52.3 Å². The number of fused-ring (bicyclic) bond motifs is 4. The van der Waals surface area contributed by atoms with Crippen molar-refractivity contribution < 1.29 is 109 Å². The Bertz CT molecular complexity index is 7340. The predicted molar refractivity (Wildman–Crippen MR) is 564 cm³/mol. The molecule has 8 aromatic carbocycles. The minimum absolute atomic E-state index is 0.0694. The van der Waals surface area contributed by atoms with Gasteiger partial charge in [-0.2, -0.15) is 0 Å². The van der Waals surface area contributed by atoms with E-state index in [0.29, 0.717) is 83.7 Å². The molecule has 6 aliphatic rings. The van der Waals surface area contributed by atoms with Crippen LogP contribution in [0.5, 0.6) is 74.7 Å². The number of hydrogen-bond acceptors (Lipinski definition) is 22. The number of methoxy groups -OCH3 is 9. The maximum atomic E-state index is 14.7. The zero-order chi connectivity index (χ0) is 106. The van der Waals surface area contributed by atoms with Gasteiger partial charge in [-0.25, -0.2) is 18.2 Å². The molecule has 2 fully saturated rings. The fourth-order valence-electron chi connectivity index (χ4n) is 20.1. The third-order valence-corrected chi connectivity index (χ3v) is 27.8. The van der Waals surface area contributed by atoms with E-state index in [-0.39, 0.29) is 93.4 Å². The van der Waals surface area contributed by atoms with E-state index in [2.05, 4.69) is 25.8 Å². The lowest BCUT2D eigenvalue weighted by atomic mass is 9.87. The van der Waals surface area contributed by atoms with Gasteiger partial charge in [0.25, 0.3) is 0 Å². The molecule has 31 heteroatoms. The molecule has 4 amide bonds. The number of benzene rings is 8. The Labute approximate surface area is 861 Å². The van der Waals surface area contributed by atoms with E-state index in [1.54, 1.807) is 134 Å². The van der Waals surface area contributed by atoms with Crippen LogP contribution in [0.15, 0.2) is 249 Å². The minimum Gasteiger partial charge on any atom is -0.502 e. The Morgan fingerprint density at radius 3 is 1.15 bits per heavy atom. The first-order valence-corrected chi connectivity index (χ1v) is 48.6. The van der Waals surface area contributed by atoms with Gasteiger partial charge in [0, 0.05) is 37.8 Å². The van der Waals surface area contributed by atoms with Crippen LogP contribution in [0, 0.1) is 35.2 Å². The molecule has 5 aliphatic carbocycles. The number of amides is 4. The van der Waals surface area contributed by atoms with Crippen LogP contribution in [0.25, 0.3) is 68.9 Å². The number of ether oxygens (including phenoxy) is 9. The maximum absolute atomic E-state index is 14.7. The molecule has 9 N–H and O–H groups in total. The molecule has 13 aromatic rings. The molecule has 1 saturated carbocycles. The molecular formula is C118H119F3N8O20. The molecule has 19 rings (SSSR count). The van der Waals surface area contributed by atoms with E-state index in [1.165, 1.54) is 93.3 Å². The monoisotopic (exact) mass is 2020 g/mol. The van der Waals surface area contributed by atoms with Crippen molar-refractivity contribution in [1.82, 2.24) is 35.0 Å². The van der Waals surface area contributed by atoms with Crippen molar-refractivity contribution in [2.24, 2.45) is 30.5 Å². The number of aromatic hydroxyl groups is 4. The Balaban J connectivity index is 0.000000142. The quantitative estimate of drug-likeness (QED) is 0.0186. The smallest absolute Gasteiger partial charge is 0.248 e. The number of phenolic OH excluding ortho intramolecular Hbond substituents is 4. The van der Waals surface area contributed by atoms with Crippen LogP contribution < -0.4 is 64.3 Å². The van der Waals surface area contributed by atoms with Crippen molar-refractivity contribution in [3.05, 3.63) is 343 Å². The number of phenols is 4. The summed E-state index contributed by atoms with van der Waals surface area (Å²) >= 11 is 0. The van der Waals surface area contributed by atoms with Crippen LogP contribution >= 0.6 is 0 Å². The SMILES string of the molecule is COc1cc(/C=C2/C(C)=C(C(C(=O)NCc3cccn3C)N3CCCC3)c3cc(F)ccc32)cc(OC)c1O.COc1cc(/C=C2/C(C)=C(C(CC3CC3)C(=O)NCc3ccco3)c3cc(F)ccc32)cc(OC)c1O.COc1cc(/C=C2/C(C)=C(C(CCc3ccco3)C(N)=O)c3cc(F)ccc32)cc(OC)c1O.COc1ccc2c(c1)C(C(C(=O)NCc1ccco1)n1ccnc1)=C(C)/C2=C/c1cc(OC)c(O)c(OC)c1. The largest absolute Gasteiger partial charge is 0.502 e. The van der Waals surface area contributed by atoms with Gasteiger partial charge in [0.1, 0.15) is 52.6 Å². The van der Waals surface area contributed by atoms with Crippen LogP contribution in [0.4, 0.5) is 13.2 Å². The minimum atomic E-state index is -0.705. The molecule has 4 atom stereocenters. The number of nitrogens with zero attached hydrogens (tertiary/aromatic N) is 4. The van der Waals surface area contributed by atoms with Gasteiger partial charge < -0.3 is 107 Å². The number of halogens is 3. The highest BCUT2D eigenvalue weighted by Crippen LogP contribution is 2.55. The summed E-state index contributed by atoms with van der Waals surface area (Å²) in [7, 11) is 15.4. The van der Waals surface area contributed by atoms with E-state index in [4.69, 9.17) is 61.6 Å². The van der Waals surface area contributed by atoms with Crippen molar-refractivity contribution in [3.8, 4) is 74.7 Å². The summed E-state index contributed by atoms with van der Waals surface area (Å²) in [6.45, 7) is 10.4. The number of nitrogens with two attached hydrogens (primary N) is 1. The number of aromatic nitrogens is 3. The predicted octanol–water partition coefficient (Wildman–Crippen LogP) is 21.5. The first kappa shape index (κ1) is 105. The second-order valence-corrected chi connectivity index (χ2v) is 36.7. The topological polar surface area (TPSA) is 360 Å². The first-order chi connectivity index (χ1) is 72.0. The third-order valence-electron chi connectivity index (χ3n) is 27.8. The summed E-state index contributed by atoms with van der Waals surface area (Å²) in [5, 5.41) is 50.5. The molecule has 0 radical (unpaired) electrons. The van der Waals surface area contributed by atoms with E-state index in [9.17, 15) is 52.8 Å². The van der Waals surface area contributed by atoms with Gasteiger partial charge in [0.05, 0.1) is 121 Å². The number of aryl methyl sites for hydroxylation is 2. The Kier molecular flexibility index (Phi) is 32.8. The second-order valence-electron chi connectivity index (χ2n) is 36.7. The Morgan fingerprint density at radius 1 is 0.423 bits per heavy atom. The number of primary amides is 1. The van der Waals surface area contributed by atoms with Crippen LogP contribution in [0.2, 0.25) is 0 Å². The number of furan rings is 3.